The molecule has 3 aliphatic rings. The minimum atomic E-state index is -0.0674. The van der Waals surface area contributed by atoms with Crippen molar-refractivity contribution in [3.05, 3.63) is 40.1 Å². The predicted octanol–water partition coefficient (Wildman–Crippen LogP) is 4.90. The van der Waals surface area contributed by atoms with E-state index < -0.39 is 0 Å². The molecule has 29 heavy (non-hydrogen) atoms. The van der Waals surface area contributed by atoms with Crippen LogP contribution in [0.25, 0.3) is 0 Å². The summed E-state index contributed by atoms with van der Waals surface area (Å²) in [7, 11) is 0. The van der Waals surface area contributed by atoms with E-state index in [9.17, 15) is 4.79 Å². The molecule has 4 rings (SSSR count). The number of carbonyl (C=O) groups is 1. The Bertz CT molecular complexity index is 848. The van der Waals surface area contributed by atoms with Crippen LogP contribution in [0.5, 0.6) is 0 Å². The van der Waals surface area contributed by atoms with E-state index in [0.29, 0.717) is 6.04 Å². The molecule has 0 aromatic heterocycles. The van der Waals surface area contributed by atoms with Crippen LogP contribution in [0, 0.1) is 6.92 Å². The fraction of sp³-hybridized carbons (Fsp3) is 0.609. The Labute approximate surface area is 179 Å². The van der Waals surface area contributed by atoms with Crippen molar-refractivity contribution in [1.29, 1.82) is 0 Å². The van der Waals surface area contributed by atoms with E-state index >= 15 is 0 Å². The molecule has 0 N–H and O–H groups in total. The molecule has 1 aromatic carbocycles. The Morgan fingerprint density at radius 3 is 2.45 bits per heavy atom. The normalized spacial score (nSPS) is 24.2. The van der Waals surface area contributed by atoms with Gasteiger partial charge in [0.1, 0.15) is 11.3 Å². The molecule has 0 aliphatic carbocycles. The molecule has 3 heterocycles. The highest BCUT2D eigenvalue weighted by atomic mass is 35.5. The Kier molecular flexibility index (Phi) is 6.07. The third kappa shape index (κ3) is 4.13. The molecule has 0 saturated carbocycles. The SMILES string of the molecule is CC1=C(C(=O)N2CCC(N3CCCCC3)CC2)C(C)[N+](c2ccc(Cl)cc2C)=N1. The van der Waals surface area contributed by atoms with Crippen molar-refractivity contribution in [2.45, 2.75) is 65.0 Å². The molecule has 6 heteroatoms. The number of nitrogens with zero attached hydrogens (tertiary/aromatic N) is 4. The Hall–Kier alpha value is -1.72. The Balaban J connectivity index is 1.42. The van der Waals surface area contributed by atoms with Gasteiger partial charge in [-0.15, -0.1) is 0 Å². The standard InChI is InChI=1S/C23H32ClN4O/c1-16-15-19(24)7-8-21(16)28-18(3)22(17(2)25-28)23(29)27-13-9-20(10-14-27)26-11-5-4-6-12-26/h7-8,15,18,20H,4-6,9-14H2,1-3H3/q+1. The molecule has 0 bridgehead atoms. The van der Waals surface area contributed by atoms with Gasteiger partial charge in [-0.3, -0.25) is 4.79 Å². The molecule has 1 atom stereocenters. The van der Waals surface area contributed by atoms with E-state index in [-0.39, 0.29) is 11.9 Å². The molecular weight excluding hydrogens is 384 g/mol. The maximum absolute atomic E-state index is 13.4. The van der Waals surface area contributed by atoms with E-state index in [1.165, 1.54) is 32.4 Å². The maximum atomic E-state index is 13.4. The van der Waals surface area contributed by atoms with Gasteiger partial charge in [-0.1, -0.05) is 22.7 Å². The summed E-state index contributed by atoms with van der Waals surface area (Å²) in [6.45, 7) is 10.2. The van der Waals surface area contributed by atoms with Crippen LogP contribution < -0.4 is 0 Å². The van der Waals surface area contributed by atoms with Crippen LogP contribution in [0.2, 0.25) is 5.02 Å². The van der Waals surface area contributed by atoms with E-state index in [2.05, 4.69) is 11.8 Å². The minimum Gasteiger partial charge on any atom is -0.339 e. The molecule has 0 radical (unpaired) electrons. The smallest absolute Gasteiger partial charge is 0.258 e. The molecule has 5 nitrogen and oxygen atoms in total. The maximum Gasteiger partial charge on any atom is 0.258 e. The predicted molar refractivity (Wildman–Crippen MR) is 116 cm³/mol. The number of amides is 1. The molecule has 156 valence electrons. The second-order valence-electron chi connectivity index (χ2n) is 8.67. The Morgan fingerprint density at radius 1 is 1.10 bits per heavy atom. The monoisotopic (exact) mass is 415 g/mol. The van der Waals surface area contributed by atoms with Gasteiger partial charge in [-0.05, 0) is 69.9 Å². The molecule has 1 aromatic rings. The number of likely N-dealkylation sites (tertiary alicyclic amines) is 2. The van der Waals surface area contributed by atoms with Crippen molar-refractivity contribution in [1.82, 2.24) is 9.80 Å². The highest BCUT2D eigenvalue weighted by molar-refractivity contribution is 6.30. The van der Waals surface area contributed by atoms with Gasteiger partial charge < -0.3 is 9.80 Å². The van der Waals surface area contributed by atoms with Crippen LogP contribution in [-0.4, -0.2) is 58.7 Å². The molecule has 3 aliphatic heterocycles. The number of rotatable bonds is 3. The van der Waals surface area contributed by atoms with Crippen molar-refractivity contribution in [3.63, 3.8) is 0 Å². The third-order valence-electron chi connectivity index (χ3n) is 6.73. The molecular formula is C23H32ClN4O+. The van der Waals surface area contributed by atoms with E-state index in [4.69, 9.17) is 16.7 Å². The summed E-state index contributed by atoms with van der Waals surface area (Å²) in [4.78, 5) is 18.1. The zero-order valence-corrected chi connectivity index (χ0v) is 18.6. The molecule has 2 saturated heterocycles. The number of aryl methyl sites for hydroxylation is 1. The first-order valence-electron chi connectivity index (χ1n) is 11.0. The van der Waals surface area contributed by atoms with Crippen LogP contribution in [0.1, 0.15) is 51.5 Å². The van der Waals surface area contributed by atoms with Crippen molar-refractivity contribution >= 4 is 23.2 Å². The minimum absolute atomic E-state index is 0.0674. The largest absolute Gasteiger partial charge is 0.339 e. The van der Waals surface area contributed by atoms with Crippen molar-refractivity contribution in [3.8, 4) is 0 Å². The summed E-state index contributed by atoms with van der Waals surface area (Å²) in [5.41, 5.74) is 3.73. The molecule has 0 spiro atoms. The van der Waals surface area contributed by atoms with Crippen molar-refractivity contribution < 1.29 is 9.49 Å². The van der Waals surface area contributed by atoms with E-state index in [1.54, 1.807) is 0 Å². The summed E-state index contributed by atoms with van der Waals surface area (Å²) >= 11 is 6.11. The first-order chi connectivity index (χ1) is 14.0. The summed E-state index contributed by atoms with van der Waals surface area (Å²) < 4.78 is 1.97. The summed E-state index contributed by atoms with van der Waals surface area (Å²) in [5.74, 6) is 0.157. The lowest BCUT2D eigenvalue weighted by Gasteiger charge is -2.40. The van der Waals surface area contributed by atoms with Crippen LogP contribution in [-0.2, 0) is 4.79 Å². The number of allylic oxidation sites excluding steroid dienone is 1. The molecule has 2 fully saturated rings. The topological polar surface area (TPSA) is 38.9 Å². The van der Waals surface area contributed by atoms with Gasteiger partial charge in [0, 0.05) is 42.7 Å². The summed E-state index contributed by atoms with van der Waals surface area (Å²) in [6.07, 6.45) is 6.19. The summed E-state index contributed by atoms with van der Waals surface area (Å²) in [5, 5.41) is 5.45. The van der Waals surface area contributed by atoms with E-state index in [1.807, 2.05) is 41.6 Å². The quantitative estimate of drug-likeness (QED) is 0.658. The lowest BCUT2D eigenvalue weighted by Crippen LogP contribution is -2.49. The third-order valence-corrected chi connectivity index (χ3v) is 6.96. The lowest BCUT2D eigenvalue weighted by molar-refractivity contribution is -0.528. The number of hydrogen-bond acceptors (Lipinski definition) is 3. The Morgan fingerprint density at radius 2 is 1.79 bits per heavy atom. The fourth-order valence-electron chi connectivity index (χ4n) is 5.09. The summed E-state index contributed by atoms with van der Waals surface area (Å²) in [6, 6.07) is 6.39. The number of azo groups is 2. The zero-order chi connectivity index (χ0) is 20.5. The fourth-order valence-corrected chi connectivity index (χ4v) is 5.31. The van der Waals surface area contributed by atoms with Gasteiger partial charge in [0.2, 0.25) is 11.7 Å². The average Bonchev–Trinajstić information content (AvgIpc) is 3.02. The zero-order valence-electron chi connectivity index (χ0n) is 17.8. The van der Waals surface area contributed by atoms with Crippen LogP contribution in [0.15, 0.2) is 34.6 Å². The van der Waals surface area contributed by atoms with Gasteiger partial charge in [-0.25, -0.2) is 0 Å². The van der Waals surface area contributed by atoms with E-state index in [0.717, 1.165) is 53.5 Å². The van der Waals surface area contributed by atoms with Crippen LogP contribution in [0.3, 0.4) is 0 Å². The van der Waals surface area contributed by atoms with Gasteiger partial charge >= 0.3 is 0 Å². The second kappa shape index (κ2) is 8.57. The lowest BCUT2D eigenvalue weighted by atomic mass is 9.98. The number of halogens is 1. The average molecular weight is 416 g/mol. The second-order valence-corrected chi connectivity index (χ2v) is 9.11. The first-order valence-corrected chi connectivity index (χ1v) is 11.3. The number of piperidine rings is 2. The molecule has 1 amide bonds. The van der Waals surface area contributed by atoms with Gasteiger partial charge in [-0.2, -0.15) is 0 Å². The number of carbonyl (C=O) groups excluding carboxylic acids is 1. The first kappa shape index (κ1) is 20.5. The van der Waals surface area contributed by atoms with Gasteiger partial charge in [0.15, 0.2) is 0 Å². The number of hydrogen-bond donors (Lipinski definition) is 0. The number of benzene rings is 1. The van der Waals surface area contributed by atoms with Gasteiger partial charge in [0.25, 0.3) is 5.91 Å². The van der Waals surface area contributed by atoms with Crippen LogP contribution >= 0.6 is 11.6 Å². The van der Waals surface area contributed by atoms with Crippen molar-refractivity contribution in [2.75, 3.05) is 26.2 Å². The van der Waals surface area contributed by atoms with Crippen LogP contribution in [0.4, 0.5) is 5.69 Å². The molecule has 1 unspecified atom stereocenters. The highest BCUT2D eigenvalue weighted by Gasteiger charge is 2.40. The highest BCUT2D eigenvalue weighted by Crippen LogP contribution is 2.33. The van der Waals surface area contributed by atoms with Crippen molar-refractivity contribution in [2.24, 2.45) is 5.11 Å². The van der Waals surface area contributed by atoms with Gasteiger partial charge in [0.05, 0.1) is 0 Å².